The molecular weight excluding hydrogens is 198 g/mol. The van der Waals surface area contributed by atoms with E-state index in [1.54, 1.807) is 13.1 Å². The highest BCUT2D eigenvalue weighted by atomic mass is 16.2. The van der Waals surface area contributed by atoms with Crippen LogP contribution >= 0.6 is 0 Å². The molecule has 0 amide bonds. The molecule has 0 saturated carbocycles. The molecule has 2 heterocycles. The predicted molar refractivity (Wildman–Crippen MR) is 51.5 cm³/mol. The lowest BCUT2D eigenvalue weighted by atomic mass is 10.2. The third-order valence-electron chi connectivity index (χ3n) is 2.08. The smallest absolute Gasteiger partial charge is 0.309 e. The first-order valence-corrected chi connectivity index (χ1v) is 4.33. The fraction of sp³-hybridized carbons (Fsp3) is 0.250. The molecule has 0 radical (unpaired) electrons. The van der Waals surface area contributed by atoms with E-state index in [0.29, 0.717) is 17.8 Å². The Bertz CT molecular complexity index is 565. The first-order chi connectivity index (χ1) is 7.16. The molecule has 0 aliphatic carbocycles. The maximum atomic E-state index is 11.3. The van der Waals surface area contributed by atoms with Crippen molar-refractivity contribution in [3.63, 3.8) is 0 Å². The molecule has 15 heavy (non-hydrogen) atoms. The van der Waals surface area contributed by atoms with Crippen LogP contribution in [0.1, 0.15) is 11.3 Å². The molecule has 7 nitrogen and oxygen atoms in total. The second kappa shape index (κ2) is 3.52. The van der Waals surface area contributed by atoms with E-state index in [-0.39, 0.29) is 5.56 Å². The minimum atomic E-state index is -0.513. The zero-order chi connectivity index (χ0) is 10.8. The summed E-state index contributed by atoms with van der Waals surface area (Å²) in [5.74, 6) is 0. The summed E-state index contributed by atoms with van der Waals surface area (Å²) in [7, 11) is 0. The number of hydrogen-bond donors (Lipinski definition) is 2. The van der Waals surface area contributed by atoms with Gasteiger partial charge in [0.1, 0.15) is 0 Å². The minimum absolute atomic E-state index is 0.324. The van der Waals surface area contributed by atoms with Gasteiger partial charge in [-0.1, -0.05) is 5.21 Å². The molecule has 0 aliphatic rings. The number of hydrogen-bond acceptors (Lipinski definition) is 4. The summed E-state index contributed by atoms with van der Waals surface area (Å²) < 4.78 is 1.53. The molecular formula is C8H9N5O2. The Balaban J connectivity index is 2.45. The van der Waals surface area contributed by atoms with Crippen molar-refractivity contribution in [2.75, 3.05) is 0 Å². The van der Waals surface area contributed by atoms with Gasteiger partial charge in [-0.3, -0.25) is 9.78 Å². The fourth-order valence-electron chi connectivity index (χ4n) is 1.23. The standard InChI is InChI=1S/C8H9N5O2/c1-5-6(4-13-3-2-9-12-13)10-8(15)11-7(5)14/h2-3H,4H2,1H3,(H2,10,11,14,15). The second-order valence-corrected chi connectivity index (χ2v) is 3.11. The Morgan fingerprint density at radius 1 is 1.40 bits per heavy atom. The summed E-state index contributed by atoms with van der Waals surface area (Å²) >= 11 is 0. The van der Waals surface area contributed by atoms with Gasteiger partial charge in [0.25, 0.3) is 5.56 Å². The molecule has 0 spiro atoms. The molecule has 0 atom stereocenters. The van der Waals surface area contributed by atoms with Crippen LogP contribution in [0, 0.1) is 6.92 Å². The number of H-pyrrole nitrogens is 2. The summed E-state index contributed by atoms with van der Waals surface area (Å²) in [6.45, 7) is 1.96. The Kier molecular flexibility index (Phi) is 2.20. The van der Waals surface area contributed by atoms with Gasteiger partial charge in [0.2, 0.25) is 0 Å². The number of aromatic nitrogens is 5. The monoisotopic (exact) mass is 207 g/mol. The number of rotatable bonds is 2. The van der Waals surface area contributed by atoms with Crippen molar-refractivity contribution in [3.8, 4) is 0 Å². The molecule has 78 valence electrons. The van der Waals surface area contributed by atoms with Crippen LogP contribution in [0.4, 0.5) is 0 Å². The molecule has 0 bridgehead atoms. The number of nitrogens with zero attached hydrogens (tertiary/aromatic N) is 3. The fourth-order valence-corrected chi connectivity index (χ4v) is 1.23. The van der Waals surface area contributed by atoms with Crippen molar-refractivity contribution in [2.45, 2.75) is 13.5 Å². The Labute approximate surface area is 83.8 Å². The Morgan fingerprint density at radius 3 is 2.87 bits per heavy atom. The predicted octanol–water partition coefficient (Wildman–Crippen LogP) is -0.989. The topological polar surface area (TPSA) is 96.4 Å². The molecule has 0 aliphatic heterocycles. The molecule has 2 aromatic heterocycles. The van der Waals surface area contributed by atoms with Crippen LogP contribution in [-0.2, 0) is 6.54 Å². The minimum Gasteiger partial charge on any atom is -0.309 e. The maximum absolute atomic E-state index is 11.3. The summed E-state index contributed by atoms with van der Waals surface area (Å²) in [6.07, 6.45) is 3.18. The van der Waals surface area contributed by atoms with E-state index in [2.05, 4.69) is 20.3 Å². The van der Waals surface area contributed by atoms with E-state index in [1.165, 1.54) is 10.9 Å². The highest BCUT2D eigenvalue weighted by molar-refractivity contribution is 5.13. The van der Waals surface area contributed by atoms with E-state index in [9.17, 15) is 9.59 Å². The van der Waals surface area contributed by atoms with Crippen molar-refractivity contribution >= 4 is 0 Å². The summed E-state index contributed by atoms with van der Waals surface area (Å²) in [5.41, 5.74) is 0.119. The van der Waals surface area contributed by atoms with E-state index >= 15 is 0 Å². The van der Waals surface area contributed by atoms with E-state index in [1.807, 2.05) is 0 Å². The first kappa shape index (κ1) is 9.38. The molecule has 7 heteroatoms. The van der Waals surface area contributed by atoms with Crippen LogP contribution in [0.2, 0.25) is 0 Å². The average Bonchev–Trinajstić information content (AvgIpc) is 2.66. The molecule has 0 unspecified atom stereocenters. The van der Waals surface area contributed by atoms with Crippen molar-refractivity contribution in [2.24, 2.45) is 0 Å². The molecule has 0 aromatic carbocycles. The summed E-state index contributed by atoms with van der Waals surface area (Å²) in [5, 5.41) is 7.37. The lowest BCUT2D eigenvalue weighted by molar-refractivity contribution is 0.630. The van der Waals surface area contributed by atoms with E-state index in [4.69, 9.17) is 0 Å². The number of aromatic amines is 2. The van der Waals surface area contributed by atoms with Crippen LogP contribution in [0.15, 0.2) is 22.0 Å². The third kappa shape index (κ3) is 1.85. The van der Waals surface area contributed by atoms with Crippen LogP contribution in [0.3, 0.4) is 0 Å². The van der Waals surface area contributed by atoms with Gasteiger partial charge < -0.3 is 4.98 Å². The molecule has 0 fully saturated rings. The van der Waals surface area contributed by atoms with Gasteiger partial charge in [0.05, 0.1) is 12.7 Å². The van der Waals surface area contributed by atoms with Crippen molar-refractivity contribution in [1.29, 1.82) is 0 Å². The molecule has 0 saturated heterocycles. The summed E-state index contributed by atoms with van der Waals surface area (Å²) in [4.78, 5) is 27.0. The van der Waals surface area contributed by atoms with Crippen molar-refractivity contribution in [3.05, 3.63) is 44.5 Å². The molecule has 2 rings (SSSR count). The van der Waals surface area contributed by atoms with Gasteiger partial charge in [0.15, 0.2) is 0 Å². The Morgan fingerprint density at radius 2 is 2.20 bits per heavy atom. The SMILES string of the molecule is Cc1c(Cn2ccnn2)[nH]c(=O)[nH]c1=O. The van der Waals surface area contributed by atoms with Gasteiger partial charge in [-0.15, -0.1) is 5.10 Å². The van der Waals surface area contributed by atoms with Crippen LogP contribution in [0.25, 0.3) is 0 Å². The van der Waals surface area contributed by atoms with Gasteiger partial charge in [0, 0.05) is 17.5 Å². The van der Waals surface area contributed by atoms with Gasteiger partial charge in [-0.2, -0.15) is 0 Å². The van der Waals surface area contributed by atoms with E-state index < -0.39 is 5.69 Å². The molecule has 2 aromatic rings. The van der Waals surface area contributed by atoms with Gasteiger partial charge in [-0.05, 0) is 6.92 Å². The average molecular weight is 207 g/mol. The lowest BCUT2D eigenvalue weighted by Crippen LogP contribution is -2.27. The van der Waals surface area contributed by atoms with Crippen LogP contribution in [0.5, 0.6) is 0 Å². The summed E-state index contributed by atoms with van der Waals surface area (Å²) in [6, 6.07) is 0. The zero-order valence-corrected chi connectivity index (χ0v) is 8.02. The zero-order valence-electron chi connectivity index (χ0n) is 8.02. The maximum Gasteiger partial charge on any atom is 0.325 e. The highest BCUT2D eigenvalue weighted by Gasteiger charge is 2.05. The number of nitrogens with one attached hydrogen (secondary N) is 2. The highest BCUT2D eigenvalue weighted by Crippen LogP contribution is 1.97. The quantitative estimate of drug-likeness (QED) is 0.660. The van der Waals surface area contributed by atoms with Gasteiger partial charge >= 0.3 is 5.69 Å². The molecule has 2 N–H and O–H groups in total. The lowest BCUT2D eigenvalue weighted by Gasteiger charge is -2.03. The normalized spacial score (nSPS) is 10.5. The second-order valence-electron chi connectivity index (χ2n) is 3.11. The Hall–Kier alpha value is -2.18. The first-order valence-electron chi connectivity index (χ1n) is 4.33. The van der Waals surface area contributed by atoms with E-state index in [0.717, 1.165) is 0 Å². The van der Waals surface area contributed by atoms with Crippen LogP contribution in [-0.4, -0.2) is 25.0 Å². The third-order valence-corrected chi connectivity index (χ3v) is 2.08. The van der Waals surface area contributed by atoms with Crippen LogP contribution < -0.4 is 11.2 Å². The van der Waals surface area contributed by atoms with Gasteiger partial charge in [-0.25, -0.2) is 9.48 Å². The largest absolute Gasteiger partial charge is 0.325 e. The van der Waals surface area contributed by atoms with Crippen molar-refractivity contribution in [1.82, 2.24) is 25.0 Å². The van der Waals surface area contributed by atoms with Crippen molar-refractivity contribution < 1.29 is 0 Å².